The topological polar surface area (TPSA) is 31.4 Å². The standard InChI is InChI=1S/C11H14N3.F6P/c1-9-4-5-11(10(8-9)13-12)14-6-2-3-7-14;1-7(2,3,4,5)6/h4-5,8H,2-3,6-7H2,1H3;/q+1;-1. The van der Waals surface area contributed by atoms with Crippen LogP contribution in [0.25, 0.3) is 4.98 Å². The van der Waals surface area contributed by atoms with Gasteiger partial charge >= 0.3 is 38.7 Å². The van der Waals surface area contributed by atoms with Crippen LogP contribution in [0.3, 0.4) is 0 Å². The quantitative estimate of drug-likeness (QED) is 0.335. The zero-order valence-corrected chi connectivity index (χ0v) is 12.0. The van der Waals surface area contributed by atoms with Crippen molar-refractivity contribution in [1.29, 1.82) is 5.39 Å². The van der Waals surface area contributed by atoms with Crippen molar-refractivity contribution in [3.05, 3.63) is 28.7 Å². The number of halogens is 6. The fourth-order valence-electron chi connectivity index (χ4n) is 1.94. The summed E-state index contributed by atoms with van der Waals surface area (Å²) in [4.78, 5) is 5.61. The molecule has 0 aliphatic carbocycles. The molecule has 120 valence electrons. The van der Waals surface area contributed by atoms with Gasteiger partial charge in [-0.05, 0) is 31.4 Å². The molecular formula is C11H14F6N3P. The summed E-state index contributed by atoms with van der Waals surface area (Å²) >= 11 is 0. The van der Waals surface area contributed by atoms with Crippen LogP contribution in [0, 0.1) is 12.3 Å². The summed E-state index contributed by atoms with van der Waals surface area (Å²) in [7, 11) is -10.7. The van der Waals surface area contributed by atoms with Gasteiger partial charge in [0.25, 0.3) is 0 Å². The van der Waals surface area contributed by atoms with Gasteiger partial charge in [-0.15, -0.1) is 0 Å². The number of diazo groups is 1. The molecule has 0 radical (unpaired) electrons. The normalized spacial score (nSPS) is 18.1. The summed E-state index contributed by atoms with van der Waals surface area (Å²) in [5.74, 6) is 0. The molecule has 21 heavy (non-hydrogen) atoms. The van der Waals surface area contributed by atoms with E-state index in [-0.39, 0.29) is 0 Å². The van der Waals surface area contributed by atoms with Crippen molar-refractivity contribution < 1.29 is 25.2 Å². The molecule has 10 heteroatoms. The Morgan fingerprint density at radius 1 is 1.05 bits per heavy atom. The van der Waals surface area contributed by atoms with Crippen molar-refractivity contribution in [2.45, 2.75) is 19.8 Å². The molecule has 2 rings (SSSR count). The van der Waals surface area contributed by atoms with E-state index in [1.807, 2.05) is 19.1 Å². The summed E-state index contributed by atoms with van der Waals surface area (Å²) in [6, 6.07) is 6.01. The third kappa shape index (κ3) is 8.35. The second-order valence-electron chi connectivity index (χ2n) is 4.74. The zero-order chi connectivity index (χ0) is 16.4. The average molecular weight is 333 g/mol. The average Bonchev–Trinajstić information content (AvgIpc) is 2.77. The molecule has 1 fully saturated rings. The van der Waals surface area contributed by atoms with Gasteiger partial charge in [0.2, 0.25) is 5.39 Å². The van der Waals surface area contributed by atoms with Gasteiger partial charge in [-0.25, -0.2) is 0 Å². The van der Waals surface area contributed by atoms with Gasteiger partial charge in [0.1, 0.15) is 5.69 Å². The van der Waals surface area contributed by atoms with E-state index in [1.165, 1.54) is 12.8 Å². The van der Waals surface area contributed by atoms with Crippen molar-refractivity contribution in [3.63, 3.8) is 0 Å². The summed E-state index contributed by atoms with van der Waals surface area (Å²) in [6.07, 6.45) is 2.47. The van der Waals surface area contributed by atoms with Gasteiger partial charge in [0.05, 0.1) is 0 Å². The maximum absolute atomic E-state index is 10.7. The first-order chi connectivity index (χ1) is 9.26. The SMILES string of the molecule is Cc1ccc(N2CCCC2)c([N+]#N)c1.F[P-](F)(F)(F)(F)F. The van der Waals surface area contributed by atoms with Crippen LogP contribution in [0.1, 0.15) is 18.4 Å². The molecule has 0 bridgehead atoms. The van der Waals surface area contributed by atoms with E-state index < -0.39 is 7.81 Å². The van der Waals surface area contributed by atoms with Crippen LogP contribution in [0.15, 0.2) is 18.2 Å². The Labute approximate surface area is 117 Å². The second-order valence-corrected chi connectivity index (χ2v) is 6.66. The Morgan fingerprint density at radius 2 is 1.52 bits per heavy atom. The Morgan fingerprint density at radius 3 is 1.95 bits per heavy atom. The van der Waals surface area contributed by atoms with Gasteiger partial charge < -0.3 is 4.90 Å². The van der Waals surface area contributed by atoms with E-state index in [0.717, 1.165) is 24.3 Å². The third-order valence-electron chi connectivity index (χ3n) is 2.69. The Hall–Kier alpha value is -1.55. The summed E-state index contributed by atoms with van der Waals surface area (Å²) in [5, 5.41) is 8.90. The number of anilines is 1. The van der Waals surface area contributed by atoms with Gasteiger partial charge in [0.15, 0.2) is 4.98 Å². The van der Waals surface area contributed by atoms with Crippen LogP contribution in [-0.4, -0.2) is 13.1 Å². The van der Waals surface area contributed by atoms with Crippen LogP contribution < -0.4 is 4.90 Å². The first-order valence-electron chi connectivity index (χ1n) is 6.03. The number of rotatable bonds is 1. The van der Waals surface area contributed by atoms with Crippen molar-refractivity contribution >= 4 is 19.2 Å². The minimum atomic E-state index is -10.7. The molecule has 1 aliphatic rings. The molecule has 0 amide bonds. The summed E-state index contributed by atoms with van der Waals surface area (Å²) < 4.78 is 59.2. The van der Waals surface area contributed by atoms with Crippen molar-refractivity contribution in [1.82, 2.24) is 0 Å². The van der Waals surface area contributed by atoms with Gasteiger partial charge in [-0.3, -0.25) is 0 Å². The van der Waals surface area contributed by atoms with E-state index in [9.17, 15) is 25.2 Å². The molecule has 1 heterocycles. The number of nitrogens with zero attached hydrogens (tertiary/aromatic N) is 3. The van der Waals surface area contributed by atoms with Crippen LogP contribution in [0.4, 0.5) is 36.6 Å². The predicted molar refractivity (Wildman–Crippen MR) is 70.9 cm³/mol. The zero-order valence-electron chi connectivity index (χ0n) is 11.1. The summed E-state index contributed by atoms with van der Waals surface area (Å²) in [5.41, 5.74) is 2.86. The molecule has 0 unspecified atom stereocenters. The van der Waals surface area contributed by atoms with Crippen molar-refractivity contribution in [2.75, 3.05) is 18.0 Å². The van der Waals surface area contributed by atoms with Gasteiger partial charge in [-0.1, -0.05) is 6.07 Å². The number of hydrogen-bond donors (Lipinski definition) is 0. The molecule has 1 aromatic rings. The Bertz CT molecular complexity index is 546. The first-order valence-corrected chi connectivity index (χ1v) is 8.06. The molecule has 0 aromatic heterocycles. The third-order valence-corrected chi connectivity index (χ3v) is 2.69. The predicted octanol–water partition coefficient (Wildman–Crippen LogP) is 6.46. The Balaban J connectivity index is 0.000000270. The second kappa shape index (κ2) is 5.02. The minimum absolute atomic E-state index is 0.687. The fraction of sp³-hybridized carbons (Fsp3) is 0.455. The van der Waals surface area contributed by atoms with Crippen molar-refractivity contribution in [3.8, 4) is 0 Å². The summed E-state index contributed by atoms with van der Waals surface area (Å²) in [6.45, 7) is 4.15. The molecule has 0 saturated carbocycles. The van der Waals surface area contributed by atoms with E-state index in [4.69, 9.17) is 5.39 Å². The number of aryl methyl sites for hydroxylation is 1. The molecule has 0 spiro atoms. The number of hydrogen-bond acceptors (Lipinski definition) is 2. The molecule has 0 N–H and O–H groups in total. The van der Waals surface area contributed by atoms with E-state index in [0.29, 0.717) is 5.69 Å². The molecule has 1 saturated heterocycles. The van der Waals surface area contributed by atoms with Crippen LogP contribution in [0.2, 0.25) is 0 Å². The van der Waals surface area contributed by atoms with E-state index >= 15 is 0 Å². The van der Waals surface area contributed by atoms with Gasteiger partial charge in [0, 0.05) is 19.2 Å². The van der Waals surface area contributed by atoms with Gasteiger partial charge in [-0.2, -0.15) is 0 Å². The molecular weight excluding hydrogens is 319 g/mol. The maximum atomic E-state index is 9.87. The van der Waals surface area contributed by atoms with Crippen LogP contribution >= 0.6 is 7.81 Å². The van der Waals surface area contributed by atoms with E-state index in [1.54, 1.807) is 0 Å². The fourth-order valence-corrected chi connectivity index (χ4v) is 1.94. The van der Waals surface area contributed by atoms with Crippen LogP contribution in [0.5, 0.6) is 0 Å². The number of benzene rings is 1. The van der Waals surface area contributed by atoms with Crippen LogP contribution in [-0.2, 0) is 0 Å². The monoisotopic (exact) mass is 333 g/mol. The Kier molecular flexibility index (Phi) is 4.18. The van der Waals surface area contributed by atoms with Crippen molar-refractivity contribution in [2.24, 2.45) is 0 Å². The first kappa shape index (κ1) is 17.5. The molecule has 1 aliphatic heterocycles. The molecule has 0 atom stereocenters. The molecule has 1 aromatic carbocycles. The molecule has 3 nitrogen and oxygen atoms in total. The van der Waals surface area contributed by atoms with E-state index in [2.05, 4.69) is 15.9 Å².